The third-order valence-corrected chi connectivity index (χ3v) is 6.04. The Balaban J connectivity index is 1.65. The van der Waals surface area contributed by atoms with Gasteiger partial charge in [-0.15, -0.1) is 0 Å². The van der Waals surface area contributed by atoms with Crippen molar-refractivity contribution in [1.82, 2.24) is 19.9 Å². The maximum absolute atomic E-state index is 13.9. The lowest BCUT2D eigenvalue weighted by Crippen LogP contribution is -2.50. The van der Waals surface area contributed by atoms with Gasteiger partial charge in [-0.2, -0.15) is 22.0 Å². The third kappa shape index (κ3) is 2.96. The van der Waals surface area contributed by atoms with Crippen molar-refractivity contribution in [3.8, 4) is 0 Å². The van der Waals surface area contributed by atoms with Gasteiger partial charge in [0.25, 0.3) is 0 Å². The van der Waals surface area contributed by atoms with Gasteiger partial charge >= 0.3 is 12.1 Å². The predicted octanol–water partition coefficient (Wildman–Crippen LogP) is 4.12. The quantitative estimate of drug-likeness (QED) is 0.459. The first-order chi connectivity index (χ1) is 14.3. The van der Waals surface area contributed by atoms with E-state index in [0.29, 0.717) is 28.3 Å². The van der Waals surface area contributed by atoms with Crippen LogP contribution in [0.25, 0.3) is 21.8 Å². The summed E-state index contributed by atoms with van der Waals surface area (Å²) in [6.07, 6.45) is -0.645. The highest BCUT2D eigenvalue weighted by atomic mass is 19.4. The van der Waals surface area contributed by atoms with Crippen molar-refractivity contribution in [1.29, 1.82) is 0 Å². The van der Waals surface area contributed by atoms with Gasteiger partial charge in [-0.05, 0) is 31.5 Å². The minimum Gasteiger partial charge on any atom is -0.352 e. The van der Waals surface area contributed by atoms with E-state index >= 15 is 0 Å². The maximum Gasteiger partial charge on any atom is 0.458 e. The molecule has 0 N–H and O–H groups in total. The molecule has 2 saturated heterocycles. The van der Waals surface area contributed by atoms with Gasteiger partial charge in [-0.1, -0.05) is 6.07 Å². The van der Waals surface area contributed by atoms with Crippen molar-refractivity contribution in [3.63, 3.8) is 0 Å². The molecule has 2 fully saturated rings. The van der Waals surface area contributed by atoms with Crippen LogP contribution in [0.2, 0.25) is 0 Å². The Labute approximate surface area is 168 Å². The van der Waals surface area contributed by atoms with Crippen LogP contribution in [-0.4, -0.2) is 58.2 Å². The summed E-state index contributed by atoms with van der Waals surface area (Å²) < 4.78 is 66.3. The zero-order valence-electron chi connectivity index (χ0n) is 15.8. The van der Waals surface area contributed by atoms with Gasteiger partial charge in [-0.3, -0.25) is 4.90 Å². The number of pyridine rings is 1. The Bertz CT molecular complexity index is 1120. The molecule has 4 heterocycles. The normalized spacial score (nSPS) is 20.8. The molecule has 0 saturated carbocycles. The summed E-state index contributed by atoms with van der Waals surface area (Å²) in [6.45, 7) is 3.51. The van der Waals surface area contributed by atoms with Crippen molar-refractivity contribution in [3.05, 3.63) is 36.3 Å². The molecule has 0 radical (unpaired) electrons. The molecule has 2 aromatic heterocycles. The average molecular weight is 423 g/mol. The highest BCUT2D eigenvalue weighted by Gasteiger charge is 2.58. The molecule has 2 aliphatic rings. The van der Waals surface area contributed by atoms with E-state index in [4.69, 9.17) is 0 Å². The Hall–Kier alpha value is -2.62. The number of hydrogen-bond donors (Lipinski definition) is 0. The molecule has 5 nitrogen and oxygen atoms in total. The maximum atomic E-state index is 13.9. The number of alkyl halides is 5. The van der Waals surface area contributed by atoms with Gasteiger partial charge in [-0.25, -0.2) is 15.0 Å². The van der Waals surface area contributed by atoms with Crippen molar-refractivity contribution in [2.75, 3.05) is 31.1 Å². The van der Waals surface area contributed by atoms with E-state index in [1.165, 1.54) is 18.6 Å². The molecule has 0 spiro atoms. The van der Waals surface area contributed by atoms with Crippen LogP contribution >= 0.6 is 0 Å². The zero-order valence-corrected chi connectivity index (χ0v) is 15.8. The molecule has 30 heavy (non-hydrogen) atoms. The summed E-state index contributed by atoms with van der Waals surface area (Å²) in [5.74, 6) is -4.34. The summed E-state index contributed by atoms with van der Waals surface area (Å²) in [4.78, 5) is 17.4. The molecule has 0 bridgehead atoms. The topological polar surface area (TPSA) is 45.2 Å². The van der Waals surface area contributed by atoms with E-state index in [-0.39, 0.29) is 5.39 Å². The number of aromatic nitrogens is 3. The predicted molar refractivity (Wildman–Crippen MR) is 102 cm³/mol. The molecule has 1 aromatic carbocycles. The Morgan fingerprint density at radius 3 is 2.63 bits per heavy atom. The molecule has 1 unspecified atom stereocenters. The zero-order chi connectivity index (χ0) is 21.1. The van der Waals surface area contributed by atoms with Crippen molar-refractivity contribution in [2.24, 2.45) is 0 Å². The highest BCUT2D eigenvalue weighted by Crippen LogP contribution is 2.45. The monoisotopic (exact) mass is 423 g/mol. The average Bonchev–Trinajstić information content (AvgIpc) is 3.20. The number of fused-ring (bicyclic) bond motifs is 4. The smallest absolute Gasteiger partial charge is 0.352 e. The Morgan fingerprint density at radius 2 is 1.83 bits per heavy atom. The van der Waals surface area contributed by atoms with Crippen LogP contribution in [0.3, 0.4) is 0 Å². The standard InChI is InChI=1S/C20H18F5N5/c21-19(22,20(23,24)25)12-3-4-16-14(8-12)15-9-26-11-27-17(15)18(28-16)30-7-6-29-5-1-2-13(29)10-30/h3-4,8-9,11,13H,1-2,5-7,10H2. The molecular weight excluding hydrogens is 405 g/mol. The first-order valence-electron chi connectivity index (χ1n) is 9.73. The van der Waals surface area contributed by atoms with Gasteiger partial charge in [0, 0.05) is 48.2 Å². The molecule has 10 heteroatoms. The minimum absolute atomic E-state index is 0.176. The van der Waals surface area contributed by atoms with Gasteiger partial charge in [0.2, 0.25) is 0 Å². The fourth-order valence-electron chi connectivity index (χ4n) is 4.48. The molecule has 3 aromatic rings. The van der Waals surface area contributed by atoms with Crippen LogP contribution in [0.15, 0.2) is 30.7 Å². The summed E-state index contributed by atoms with van der Waals surface area (Å²) in [5, 5.41) is 0.585. The van der Waals surface area contributed by atoms with Crippen LogP contribution in [0.1, 0.15) is 18.4 Å². The lowest BCUT2D eigenvalue weighted by Gasteiger charge is -2.38. The SMILES string of the molecule is FC(F)(F)C(F)(F)c1ccc2nc(N3CCN4CCCC4C3)c3ncncc3c2c1. The first kappa shape index (κ1) is 19.3. The molecule has 158 valence electrons. The summed E-state index contributed by atoms with van der Waals surface area (Å²) >= 11 is 0. The third-order valence-electron chi connectivity index (χ3n) is 6.04. The van der Waals surface area contributed by atoms with Gasteiger partial charge in [0.05, 0.1) is 5.52 Å². The molecule has 5 rings (SSSR count). The van der Waals surface area contributed by atoms with E-state index in [9.17, 15) is 22.0 Å². The van der Waals surface area contributed by atoms with E-state index < -0.39 is 17.7 Å². The van der Waals surface area contributed by atoms with E-state index in [2.05, 4.69) is 24.8 Å². The fraction of sp³-hybridized carbons (Fsp3) is 0.450. The molecule has 0 amide bonds. The number of benzene rings is 1. The van der Waals surface area contributed by atoms with Crippen LogP contribution in [-0.2, 0) is 5.92 Å². The second-order valence-electron chi connectivity index (χ2n) is 7.80. The van der Waals surface area contributed by atoms with Gasteiger partial charge < -0.3 is 4.90 Å². The number of halogens is 5. The number of hydrogen-bond acceptors (Lipinski definition) is 5. The Morgan fingerprint density at radius 1 is 1.00 bits per heavy atom. The van der Waals surface area contributed by atoms with Crippen LogP contribution in [0, 0.1) is 0 Å². The lowest BCUT2D eigenvalue weighted by atomic mass is 10.0. The second kappa shape index (κ2) is 6.69. The molecule has 0 aliphatic carbocycles. The second-order valence-corrected chi connectivity index (χ2v) is 7.80. The fourth-order valence-corrected chi connectivity index (χ4v) is 4.48. The number of piperazine rings is 1. The number of rotatable bonds is 2. The lowest BCUT2D eigenvalue weighted by molar-refractivity contribution is -0.289. The van der Waals surface area contributed by atoms with Crippen molar-refractivity contribution >= 4 is 27.6 Å². The summed E-state index contributed by atoms with van der Waals surface area (Å²) in [5.41, 5.74) is -0.332. The highest BCUT2D eigenvalue weighted by molar-refractivity contribution is 6.08. The molecule has 1 atom stereocenters. The Kier molecular flexibility index (Phi) is 4.32. The number of nitrogens with zero attached hydrogens (tertiary/aromatic N) is 5. The molecule has 2 aliphatic heterocycles. The van der Waals surface area contributed by atoms with E-state index in [1.807, 2.05) is 0 Å². The van der Waals surface area contributed by atoms with E-state index in [1.54, 1.807) is 0 Å². The largest absolute Gasteiger partial charge is 0.458 e. The van der Waals surface area contributed by atoms with Gasteiger partial charge in [0.1, 0.15) is 11.8 Å². The minimum atomic E-state index is -5.68. The van der Waals surface area contributed by atoms with Crippen LogP contribution < -0.4 is 4.90 Å². The van der Waals surface area contributed by atoms with E-state index in [0.717, 1.165) is 51.2 Å². The summed E-state index contributed by atoms with van der Waals surface area (Å²) in [6, 6.07) is 3.28. The van der Waals surface area contributed by atoms with Crippen molar-refractivity contribution < 1.29 is 22.0 Å². The van der Waals surface area contributed by atoms with Crippen LogP contribution in [0.4, 0.5) is 27.8 Å². The summed E-state index contributed by atoms with van der Waals surface area (Å²) in [7, 11) is 0. The van der Waals surface area contributed by atoms with Crippen LogP contribution in [0.5, 0.6) is 0 Å². The van der Waals surface area contributed by atoms with Gasteiger partial charge in [0.15, 0.2) is 5.82 Å². The first-order valence-corrected chi connectivity index (χ1v) is 9.73. The number of anilines is 1. The molecular formula is C20H18F5N5. The van der Waals surface area contributed by atoms with Crippen molar-refractivity contribution in [2.45, 2.75) is 31.0 Å².